The summed E-state index contributed by atoms with van der Waals surface area (Å²) in [6.07, 6.45) is 0.828. The summed E-state index contributed by atoms with van der Waals surface area (Å²) in [7, 11) is 1.72. The van der Waals surface area contributed by atoms with E-state index in [0.717, 1.165) is 0 Å². The average molecular weight is 275 g/mol. The first kappa shape index (κ1) is 14.2. The third-order valence-electron chi connectivity index (χ3n) is 3.43. The van der Waals surface area contributed by atoms with Crippen LogP contribution in [0.5, 0.6) is 0 Å². The topological polar surface area (TPSA) is 72.5 Å². The molecule has 0 radical (unpaired) electrons. The summed E-state index contributed by atoms with van der Waals surface area (Å²) < 4.78 is 5.20. The summed E-state index contributed by atoms with van der Waals surface area (Å²) in [5.41, 5.74) is 1.12. The number of para-hydroxylation sites is 1. The van der Waals surface area contributed by atoms with E-state index in [1.165, 1.54) is 0 Å². The monoisotopic (exact) mass is 275 g/mol. The van der Waals surface area contributed by atoms with Crippen LogP contribution < -0.4 is 5.32 Å². The molecule has 0 aliphatic heterocycles. The zero-order valence-corrected chi connectivity index (χ0v) is 11.3. The Hall–Kier alpha value is -2.17. The van der Waals surface area contributed by atoms with Gasteiger partial charge in [0.25, 0.3) is 0 Å². The number of benzene rings is 1. The van der Waals surface area contributed by atoms with Crippen molar-refractivity contribution in [2.24, 2.45) is 5.92 Å². The molecule has 1 aromatic carbocycles. The zero-order valence-electron chi connectivity index (χ0n) is 11.3. The molecule has 0 heterocycles. The minimum atomic E-state index is -0.459. The second kappa shape index (κ2) is 6.32. The Labute approximate surface area is 117 Å². The molecule has 0 spiro atoms. The maximum atomic E-state index is 12.0. The molecule has 1 N–H and O–H groups in total. The molecule has 5 nitrogen and oxygen atoms in total. The van der Waals surface area contributed by atoms with Gasteiger partial charge in [-0.1, -0.05) is 12.1 Å². The Morgan fingerprint density at radius 2 is 2.10 bits per heavy atom. The van der Waals surface area contributed by atoms with Gasteiger partial charge in [-0.05, 0) is 18.6 Å². The fourth-order valence-corrected chi connectivity index (χ4v) is 2.23. The van der Waals surface area contributed by atoms with Gasteiger partial charge in [0.15, 0.2) is 0 Å². The van der Waals surface area contributed by atoms with Gasteiger partial charge in [0, 0.05) is 19.2 Å². The first-order valence-corrected chi connectivity index (χ1v) is 6.60. The lowest BCUT2D eigenvalue weighted by Gasteiger charge is -2.19. The highest BCUT2D eigenvalue weighted by atomic mass is 16.5. The first-order chi connectivity index (χ1) is 9.61. The molecule has 1 unspecified atom stereocenters. The van der Waals surface area contributed by atoms with Crippen molar-refractivity contribution in [1.82, 2.24) is 0 Å². The van der Waals surface area contributed by atoms with Gasteiger partial charge in [-0.15, -0.1) is 0 Å². The number of hydrogen-bond acceptors (Lipinski definition) is 5. The van der Waals surface area contributed by atoms with Crippen LogP contribution in [0, 0.1) is 5.92 Å². The van der Waals surface area contributed by atoms with Crippen LogP contribution in [0.15, 0.2) is 24.3 Å². The third kappa shape index (κ3) is 3.23. The molecule has 0 bridgehead atoms. The van der Waals surface area contributed by atoms with E-state index in [4.69, 9.17) is 4.74 Å². The van der Waals surface area contributed by atoms with Gasteiger partial charge in [-0.2, -0.15) is 0 Å². The van der Waals surface area contributed by atoms with Crippen molar-refractivity contribution in [3.05, 3.63) is 29.8 Å². The van der Waals surface area contributed by atoms with E-state index < -0.39 is 5.97 Å². The second-order valence-corrected chi connectivity index (χ2v) is 4.81. The smallest absolute Gasteiger partial charge is 0.340 e. The number of carbonyl (C=O) groups is 3. The van der Waals surface area contributed by atoms with E-state index in [1.807, 2.05) is 6.07 Å². The van der Waals surface area contributed by atoms with Gasteiger partial charge in [-0.3, -0.25) is 9.59 Å². The lowest BCUT2D eigenvalue weighted by molar-refractivity contribution is -0.133. The molecule has 1 aromatic rings. The highest BCUT2D eigenvalue weighted by Gasteiger charge is 2.28. The predicted octanol–water partition coefficient (Wildman–Crippen LogP) is 1.82. The number of ether oxygens (including phenoxy) is 1. The Morgan fingerprint density at radius 1 is 1.35 bits per heavy atom. The van der Waals surface area contributed by atoms with E-state index in [2.05, 4.69) is 5.32 Å². The minimum absolute atomic E-state index is 0.0295. The maximum absolute atomic E-state index is 12.0. The van der Waals surface area contributed by atoms with Crippen LogP contribution in [-0.2, 0) is 14.3 Å². The molecule has 1 atom stereocenters. The van der Waals surface area contributed by atoms with E-state index in [9.17, 15) is 14.4 Å². The molecule has 1 aliphatic carbocycles. The van der Waals surface area contributed by atoms with E-state index in [-0.39, 0.29) is 30.5 Å². The quantitative estimate of drug-likeness (QED) is 0.670. The Morgan fingerprint density at radius 3 is 2.80 bits per heavy atom. The Bertz CT molecular complexity index is 538. The lowest BCUT2D eigenvalue weighted by atomic mass is 9.88. The van der Waals surface area contributed by atoms with Crippen molar-refractivity contribution in [2.45, 2.75) is 19.3 Å². The summed E-state index contributed by atoms with van der Waals surface area (Å²) in [5, 5.41) is 2.92. The van der Waals surface area contributed by atoms with Gasteiger partial charge in [0.2, 0.25) is 0 Å². The number of carbonyl (C=O) groups excluding carboxylic acids is 3. The Balaban J connectivity index is 1.95. The fourth-order valence-electron chi connectivity index (χ4n) is 2.23. The molecule has 0 amide bonds. The van der Waals surface area contributed by atoms with Crippen molar-refractivity contribution >= 4 is 23.2 Å². The largest absolute Gasteiger partial charge is 0.461 e. The van der Waals surface area contributed by atoms with E-state index >= 15 is 0 Å². The summed E-state index contributed by atoms with van der Waals surface area (Å²) in [5.74, 6) is -0.966. The number of Topliss-reactive ketones (excluding diaryl/α,β-unsaturated/α-hetero) is 2. The molecule has 5 heteroatoms. The summed E-state index contributed by atoms with van der Waals surface area (Å²) in [6.45, 7) is 0.0446. The predicted molar refractivity (Wildman–Crippen MR) is 73.6 cm³/mol. The molecule has 20 heavy (non-hydrogen) atoms. The van der Waals surface area contributed by atoms with Gasteiger partial charge < -0.3 is 10.1 Å². The van der Waals surface area contributed by atoms with Gasteiger partial charge in [0.1, 0.15) is 18.2 Å². The standard InChI is InChI=1S/C15H17NO4/c1-16-13-5-3-2-4-12(13)15(19)20-9-10-6-7-11(17)8-14(10)18/h2-5,10,16H,6-9H2,1H3. The zero-order chi connectivity index (χ0) is 14.5. The fraction of sp³-hybridized carbons (Fsp3) is 0.400. The van der Waals surface area contributed by atoms with E-state index in [1.54, 1.807) is 25.2 Å². The third-order valence-corrected chi connectivity index (χ3v) is 3.43. The van der Waals surface area contributed by atoms with Crippen LogP contribution in [0.1, 0.15) is 29.6 Å². The van der Waals surface area contributed by atoms with Crippen molar-refractivity contribution in [3.63, 3.8) is 0 Å². The number of ketones is 2. The number of esters is 1. The first-order valence-electron chi connectivity index (χ1n) is 6.60. The van der Waals surface area contributed by atoms with Gasteiger partial charge in [-0.25, -0.2) is 4.79 Å². The molecule has 1 fully saturated rings. The molecule has 0 aromatic heterocycles. The van der Waals surface area contributed by atoms with Gasteiger partial charge in [0.05, 0.1) is 17.9 Å². The van der Waals surface area contributed by atoms with Gasteiger partial charge >= 0.3 is 5.97 Å². The number of rotatable bonds is 4. The molecular weight excluding hydrogens is 258 g/mol. The van der Waals surface area contributed by atoms with Crippen molar-refractivity contribution in [1.29, 1.82) is 0 Å². The Kier molecular flexibility index (Phi) is 4.50. The number of hydrogen-bond donors (Lipinski definition) is 1. The number of anilines is 1. The highest BCUT2D eigenvalue weighted by Crippen LogP contribution is 2.20. The summed E-state index contributed by atoms with van der Waals surface area (Å²) >= 11 is 0. The second-order valence-electron chi connectivity index (χ2n) is 4.81. The van der Waals surface area contributed by atoms with Crippen molar-refractivity contribution in [3.8, 4) is 0 Å². The van der Waals surface area contributed by atoms with Crippen LogP contribution >= 0.6 is 0 Å². The average Bonchev–Trinajstić information content (AvgIpc) is 2.46. The maximum Gasteiger partial charge on any atom is 0.340 e. The number of nitrogens with one attached hydrogen (secondary N) is 1. The van der Waals surface area contributed by atoms with Crippen LogP contribution in [0.25, 0.3) is 0 Å². The van der Waals surface area contributed by atoms with Crippen LogP contribution in [0.4, 0.5) is 5.69 Å². The minimum Gasteiger partial charge on any atom is -0.461 e. The normalized spacial score (nSPS) is 18.8. The van der Waals surface area contributed by atoms with Crippen LogP contribution in [0.2, 0.25) is 0 Å². The molecule has 2 rings (SSSR count). The van der Waals surface area contributed by atoms with Crippen molar-refractivity contribution in [2.75, 3.05) is 19.0 Å². The SMILES string of the molecule is CNc1ccccc1C(=O)OCC1CCC(=O)CC1=O. The molecule has 1 aliphatic rings. The molecule has 106 valence electrons. The van der Waals surface area contributed by atoms with Crippen LogP contribution in [0.3, 0.4) is 0 Å². The molecular formula is C15H17NO4. The highest BCUT2D eigenvalue weighted by molar-refractivity contribution is 6.02. The van der Waals surface area contributed by atoms with E-state index in [0.29, 0.717) is 24.1 Å². The van der Waals surface area contributed by atoms with Crippen molar-refractivity contribution < 1.29 is 19.1 Å². The molecule has 1 saturated carbocycles. The van der Waals surface area contributed by atoms with Crippen LogP contribution in [-0.4, -0.2) is 31.2 Å². The lowest BCUT2D eigenvalue weighted by Crippen LogP contribution is -2.29. The summed E-state index contributed by atoms with van der Waals surface area (Å²) in [6, 6.07) is 7.02. The summed E-state index contributed by atoms with van der Waals surface area (Å²) in [4.78, 5) is 34.8. The molecule has 0 saturated heterocycles.